The zero-order valence-corrected chi connectivity index (χ0v) is 9.16. The summed E-state index contributed by atoms with van der Waals surface area (Å²) in [7, 11) is 0. The molecule has 0 amide bonds. The lowest BCUT2D eigenvalue weighted by molar-refractivity contribution is -0.162. The maximum absolute atomic E-state index is 11.3. The molecule has 0 spiro atoms. The van der Waals surface area contributed by atoms with Crippen LogP contribution in [0.25, 0.3) is 0 Å². The van der Waals surface area contributed by atoms with E-state index in [-0.39, 0.29) is 18.2 Å². The molecule has 0 N–H and O–H groups in total. The molecule has 0 aromatic heterocycles. The van der Waals surface area contributed by atoms with E-state index in [1.165, 1.54) is 0 Å². The number of carbonyl (C=O) groups is 1. The van der Waals surface area contributed by atoms with Crippen LogP contribution in [0.2, 0.25) is 0 Å². The molecular weight excluding hydrogens is 168 g/mol. The van der Waals surface area contributed by atoms with Gasteiger partial charge in [-0.25, -0.2) is 4.79 Å². The minimum Gasteiger partial charge on any atom is -0.461 e. The van der Waals surface area contributed by atoms with E-state index in [2.05, 4.69) is 0 Å². The smallest absolute Gasteiger partial charge is 0.335 e. The first-order valence-electron chi connectivity index (χ1n) is 4.83. The summed E-state index contributed by atoms with van der Waals surface area (Å²) in [6.45, 7) is 9.34. The van der Waals surface area contributed by atoms with E-state index in [0.717, 1.165) is 6.42 Å². The Morgan fingerprint density at radius 3 is 2.15 bits per heavy atom. The molecule has 0 rings (SSSR count). The Morgan fingerprint density at radius 1 is 1.23 bits per heavy atom. The zero-order valence-electron chi connectivity index (χ0n) is 9.16. The lowest BCUT2D eigenvalue weighted by Gasteiger charge is -2.18. The van der Waals surface area contributed by atoms with E-state index >= 15 is 0 Å². The van der Waals surface area contributed by atoms with Gasteiger partial charge in [0.25, 0.3) is 0 Å². The lowest BCUT2D eigenvalue weighted by Crippen LogP contribution is -2.28. The Morgan fingerprint density at radius 2 is 1.77 bits per heavy atom. The van der Waals surface area contributed by atoms with Crippen molar-refractivity contribution in [3.05, 3.63) is 0 Å². The largest absolute Gasteiger partial charge is 0.461 e. The summed E-state index contributed by atoms with van der Waals surface area (Å²) in [5, 5.41) is 0. The summed E-state index contributed by atoms with van der Waals surface area (Å²) in [6, 6.07) is 0. The van der Waals surface area contributed by atoms with E-state index in [9.17, 15) is 4.79 Å². The normalized spacial score (nSPS) is 15.5. The number of rotatable bonds is 5. The molecule has 0 aliphatic carbocycles. The molecule has 0 aromatic carbocycles. The molecule has 0 bridgehead atoms. The van der Waals surface area contributed by atoms with Gasteiger partial charge < -0.3 is 9.47 Å². The lowest BCUT2D eigenvalue weighted by atomic mass is 10.3. The number of carbonyl (C=O) groups excluding carboxylic acids is 1. The van der Waals surface area contributed by atoms with Gasteiger partial charge in [0.2, 0.25) is 0 Å². The van der Waals surface area contributed by atoms with Gasteiger partial charge in [0.1, 0.15) is 0 Å². The summed E-state index contributed by atoms with van der Waals surface area (Å²) in [5.41, 5.74) is 0. The highest BCUT2D eigenvalue weighted by atomic mass is 16.6. The van der Waals surface area contributed by atoms with Crippen LogP contribution in [0.1, 0.15) is 41.0 Å². The highest BCUT2D eigenvalue weighted by Gasteiger charge is 2.18. The second kappa shape index (κ2) is 5.97. The van der Waals surface area contributed by atoms with E-state index < -0.39 is 6.10 Å². The molecule has 0 aliphatic rings. The number of esters is 1. The van der Waals surface area contributed by atoms with Crippen LogP contribution >= 0.6 is 0 Å². The van der Waals surface area contributed by atoms with Gasteiger partial charge in [0.15, 0.2) is 6.10 Å². The fourth-order valence-corrected chi connectivity index (χ4v) is 0.828. The highest BCUT2D eigenvalue weighted by molar-refractivity contribution is 5.74. The van der Waals surface area contributed by atoms with E-state index in [0.29, 0.717) is 0 Å². The van der Waals surface area contributed by atoms with Crippen molar-refractivity contribution in [3.8, 4) is 0 Å². The van der Waals surface area contributed by atoms with Crippen molar-refractivity contribution in [2.45, 2.75) is 59.4 Å². The Hall–Kier alpha value is -0.570. The second-order valence-electron chi connectivity index (χ2n) is 3.48. The van der Waals surface area contributed by atoms with Crippen molar-refractivity contribution < 1.29 is 14.3 Å². The second-order valence-corrected chi connectivity index (χ2v) is 3.48. The number of ether oxygens (including phenoxy) is 2. The molecule has 13 heavy (non-hydrogen) atoms. The number of hydrogen-bond acceptors (Lipinski definition) is 3. The van der Waals surface area contributed by atoms with Crippen molar-refractivity contribution in [1.29, 1.82) is 0 Å². The predicted molar refractivity (Wildman–Crippen MR) is 51.5 cm³/mol. The average Bonchev–Trinajstić information content (AvgIpc) is 2.02. The molecular formula is C10H20O3. The summed E-state index contributed by atoms with van der Waals surface area (Å²) in [4.78, 5) is 11.3. The first kappa shape index (κ1) is 12.4. The minimum absolute atomic E-state index is 0.0736. The third kappa shape index (κ3) is 5.64. The third-order valence-electron chi connectivity index (χ3n) is 1.70. The van der Waals surface area contributed by atoms with Crippen molar-refractivity contribution in [3.63, 3.8) is 0 Å². The van der Waals surface area contributed by atoms with Crippen LogP contribution in [0.15, 0.2) is 0 Å². The van der Waals surface area contributed by atoms with Crippen molar-refractivity contribution in [2.24, 2.45) is 0 Å². The summed E-state index contributed by atoms with van der Waals surface area (Å²) < 4.78 is 10.4. The van der Waals surface area contributed by atoms with Gasteiger partial charge in [-0.15, -0.1) is 0 Å². The van der Waals surface area contributed by atoms with Gasteiger partial charge in [-0.2, -0.15) is 0 Å². The maximum Gasteiger partial charge on any atom is 0.335 e. The first-order valence-corrected chi connectivity index (χ1v) is 4.83. The quantitative estimate of drug-likeness (QED) is 0.620. The number of hydrogen-bond donors (Lipinski definition) is 0. The van der Waals surface area contributed by atoms with Gasteiger partial charge in [-0.1, -0.05) is 6.92 Å². The molecule has 3 nitrogen and oxygen atoms in total. The van der Waals surface area contributed by atoms with Crippen LogP contribution in [-0.4, -0.2) is 24.3 Å². The van der Waals surface area contributed by atoms with Crippen LogP contribution in [-0.2, 0) is 14.3 Å². The van der Waals surface area contributed by atoms with Crippen LogP contribution in [0.4, 0.5) is 0 Å². The fraction of sp³-hybridized carbons (Fsp3) is 0.900. The molecule has 0 heterocycles. The van der Waals surface area contributed by atoms with Crippen molar-refractivity contribution in [1.82, 2.24) is 0 Å². The molecule has 3 heteroatoms. The van der Waals surface area contributed by atoms with E-state index in [1.807, 2.05) is 27.7 Å². The Bertz CT molecular complexity index is 154. The first-order chi connectivity index (χ1) is 5.97. The molecule has 0 fully saturated rings. The molecule has 78 valence electrons. The molecule has 2 atom stereocenters. The molecule has 0 aliphatic heterocycles. The maximum atomic E-state index is 11.3. The Labute approximate surface area is 80.4 Å². The van der Waals surface area contributed by atoms with Gasteiger partial charge in [-0.05, 0) is 34.1 Å². The molecule has 0 saturated carbocycles. The highest BCUT2D eigenvalue weighted by Crippen LogP contribution is 2.04. The van der Waals surface area contributed by atoms with Crippen LogP contribution in [0.5, 0.6) is 0 Å². The van der Waals surface area contributed by atoms with Crippen LogP contribution in [0.3, 0.4) is 0 Å². The molecule has 0 aromatic rings. The molecule has 0 saturated heterocycles. The Kier molecular flexibility index (Phi) is 5.71. The van der Waals surface area contributed by atoms with Gasteiger partial charge in [0.05, 0.1) is 12.2 Å². The SMILES string of the molecule is CCC(C)OC(C)C(=O)OC(C)C. The summed E-state index contributed by atoms with van der Waals surface area (Å²) in [5.74, 6) is -0.282. The van der Waals surface area contributed by atoms with Gasteiger partial charge in [-0.3, -0.25) is 0 Å². The van der Waals surface area contributed by atoms with Gasteiger partial charge >= 0.3 is 5.97 Å². The van der Waals surface area contributed by atoms with E-state index in [4.69, 9.17) is 9.47 Å². The minimum atomic E-state index is -0.461. The zero-order chi connectivity index (χ0) is 10.4. The van der Waals surface area contributed by atoms with Crippen molar-refractivity contribution >= 4 is 5.97 Å². The predicted octanol–water partition coefficient (Wildman–Crippen LogP) is 2.14. The monoisotopic (exact) mass is 188 g/mol. The van der Waals surface area contributed by atoms with Crippen LogP contribution < -0.4 is 0 Å². The third-order valence-corrected chi connectivity index (χ3v) is 1.70. The summed E-state index contributed by atoms with van der Waals surface area (Å²) >= 11 is 0. The average molecular weight is 188 g/mol. The fourth-order valence-electron chi connectivity index (χ4n) is 0.828. The standard InChI is InChI=1S/C10H20O3/c1-6-8(4)13-9(5)10(11)12-7(2)3/h7-9H,6H2,1-5H3. The van der Waals surface area contributed by atoms with Crippen molar-refractivity contribution in [2.75, 3.05) is 0 Å². The van der Waals surface area contributed by atoms with E-state index in [1.54, 1.807) is 6.92 Å². The molecule has 0 radical (unpaired) electrons. The van der Waals surface area contributed by atoms with Gasteiger partial charge in [0, 0.05) is 0 Å². The Balaban J connectivity index is 3.82. The summed E-state index contributed by atoms with van der Waals surface area (Å²) in [6.07, 6.45) is 0.474. The van der Waals surface area contributed by atoms with Crippen LogP contribution in [0, 0.1) is 0 Å². The molecule has 2 unspecified atom stereocenters. The topological polar surface area (TPSA) is 35.5 Å².